The second kappa shape index (κ2) is 6.19. The molecule has 0 fully saturated rings. The molecular weight excluding hydrogens is 196 g/mol. The Bertz CT molecular complexity index is 348. The minimum atomic E-state index is 0.136. The second-order valence-corrected chi connectivity index (χ2v) is 3.82. The van der Waals surface area contributed by atoms with E-state index in [2.05, 4.69) is 48.9 Å². The fourth-order valence-electron chi connectivity index (χ4n) is 1.66. The lowest BCUT2D eigenvalue weighted by Gasteiger charge is -2.21. The number of anilines is 1. The SMILES string of the molecule is C#CCN(CC)c1ccc([C@H](N)CC)cc1. The number of benzene rings is 1. The molecule has 0 aliphatic carbocycles. The van der Waals surface area contributed by atoms with Gasteiger partial charge in [-0.2, -0.15) is 0 Å². The first-order valence-electron chi connectivity index (χ1n) is 5.76. The molecule has 0 aliphatic rings. The molecule has 0 aromatic heterocycles. The van der Waals surface area contributed by atoms with Crippen LogP contribution in [-0.4, -0.2) is 13.1 Å². The molecule has 1 atom stereocenters. The number of hydrogen-bond donors (Lipinski definition) is 1. The number of nitrogens with zero attached hydrogens (tertiary/aromatic N) is 1. The molecule has 0 saturated carbocycles. The van der Waals surface area contributed by atoms with Crippen molar-refractivity contribution >= 4 is 5.69 Å². The summed E-state index contributed by atoms with van der Waals surface area (Å²) in [6.07, 6.45) is 6.29. The Kier molecular flexibility index (Phi) is 4.88. The Balaban J connectivity index is 2.81. The smallest absolute Gasteiger partial charge is 0.0791 e. The predicted octanol–water partition coefficient (Wildman–Crippen LogP) is 2.56. The van der Waals surface area contributed by atoms with E-state index >= 15 is 0 Å². The van der Waals surface area contributed by atoms with Gasteiger partial charge in [0.1, 0.15) is 0 Å². The van der Waals surface area contributed by atoms with Crippen molar-refractivity contribution in [3.63, 3.8) is 0 Å². The van der Waals surface area contributed by atoms with E-state index < -0.39 is 0 Å². The minimum Gasteiger partial charge on any atom is -0.361 e. The Hall–Kier alpha value is -1.46. The van der Waals surface area contributed by atoms with Crippen molar-refractivity contribution in [2.75, 3.05) is 18.0 Å². The third kappa shape index (κ3) is 3.01. The van der Waals surface area contributed by atoms with E-state index in [0.717, 1.165) is 18.7 Å². The number of terminal acetylenes is 1. The van der Waals surface area contributed by atoms with Crippen molar-refractivity contribution in [2.24, 2.45) is 5.73 Å². The summed E-state index contributed by atoms with van der Waals surface area (Å²) in [5.74, 6) is 2.67. The van der Waals surface area contributed by atoms with Gasteiger partial charge in [0.05, 0.1) is 6.54 Å². The molecule has 2 nitrogen and oxygen atoms in total. The third-order valence-electron chi connectivity index (χ3n) is 2.79. The molecule has 0 unspecified atom stereocenters. The van der Waals surface area contributed by atoms with Crippen LogP contribution < -0.4 is 10.6 Å². The molecule has 1 aromatic carbocycles. The first kappa shape index (κ1) is 12.6. The van der Waals surface area contributed by atoms with Gasteiger partial charge in [-0.1, -0.05) is 25.0 Å². The maximum absolute atomic E-state index is 5.97. The highest BCUT2D eigenvalue weighted by molar-refractivity contribution is 5.48. The molecule has 86 valence electrons. The molecule has 2 N–H and O–H groups in total. The van der Waals surface area contributed by atoms with Gasteiger partial charge < -0.3 is 10.6 Å². The minimum absolute atomic E-state index is 0.136. The normalized spacial score (nSPS) is 11.9. The molecule has 0 spiro atoms. The highest BCUT2D eigenvalue weighted by Crippen LogP contribution is 2.19. The molecule has 0 radical (unpaired) electrons. The van der Waals surface area contributed by atoms with E-state index in [9.17, 15) is 0 Å². The van der Waals surface area contributed by atoms with Gasteiger partial charge in [0, 0.05) is 18.3 Å². The number of hydrogen-bond acceptors (Lipinski definition) is 2. The fourth-order valence-corrected chi connectivity index (χ4v) is 1.66. The topological polar surface area (TPSA) is 29.3 Å². The first-order chi connectivity index (χ1) is 7.72. The summed E-state index contributed by atoms with van der Waals surface area (Å²) in [5.41, 5.74) is 8.31. The summed E-state index contributed by atoms with van der Waals surface area (Å²) in [6, 6.07) is 8.49. The van der Waals surface area contributed by atoms with E-state index in [1.165, 1.54) is 5.56 Å². The highest BCUT2D eigenvalue weighted by atomic mass is 15.1. The van der Waals surface area contributed by atoms with Crippen LogP contribution >= 0.6 is 0 Å². The van der Waals surface area contributed by atoms with Crippen molar-refractivity contribution in [1.29, 1.82) is 0 Å². The maximum atomic E-state index is 5.97. The van der Waals surface area contributed by atoms with E-state index in [1.807, 2.05) is 0 Å². The summed E-state index contributed by atoms with van der Waals surface area (Å²) in [4.78, 5) is 2.15. The molecule has 2 heteroatoms. The first-order valence-corrected chi connectivity index (χ1v) is 5.76. The van der Waals surface area contributed by atoms with E-state index in [-0.39, 0.29) is 6.04 Å². The molecular formula is C14H20N2. The molecule has 0 bridgehead atoms. The third-order valence-corrected chi connectivity index (χ3v) is 2.79. The quantitative estimate of drug-likeness (QED) is 0.766. The van der Waals surface area contributed by atoms with Crippen LogP contribution in [0.5, 0.6) is 0 Å². The van der Waals surface area contributed by atoms with Gasteiger partial charge in [-0.25, -0.2) is 0 Å². The molecule has 0 aliphatic heterocycles. The van der Waals surface area contributed by atoms with Crippen LogP contribution in [0.15, 0.2) is 24.3 Å². The highest BCUT2D eigenvalue weighted by Gasteiger charge is 2.05. The summed E-state index contributed by atoms with van der Waals surface area (Å²) >= 11 is 0. The molecule has 1 rings (SSSR count). The van der Waals surface area contributed by atoms with Crippen molar-refractivity contribution in [2.45, 2.75) is 26.3 Å². The molecule has 0 amide bonds. The zero-order chi connectivity index (χ0) is 12.0. The average Bonchev–Trinajstić information content (AvgIpc) is 2.35. The van der Waals surface area contributed by atoms with Gasteiger partial charge in [-0.15, -0.1) is 6.42 Å². The lowest BCUT2D eigenvalue weighted by Crippen LogP contribution is -2.22. The average molecular weight is 216 g/mol. The number of nitrogens with two attached hydrogens (primary N) is 1. The van der Waals surface area contributed by atoms with Gasteiger partial charge >= 0.3 is 0 Å². The second-order valence-electron chi connectivity index (χ2n) is 3.82. The lowest BCUT2D eigenvalue weighted by atomic mass is 10.1. The summed E-state index contributed by atoms with van der Waals surface area (Å²) < 4.78 is 0. The molecule has 0 heterocycles. The molecule has 16 heavy (non-hydrogen) atoms. The Morgan fingerprint density at radius 1 is 1.31 bits per heavy atom. The monoisotopic (exact) mass is 216 g/mol. The zero-order valence-electron chi connectivity index (χ0n) is 10.1. The van der Waals surface area contributed by atoms with Crippen molar-refractivity contribution in [3.8, 4) is 12.3 Å². The lowest BCUT2D eigenvalue weighted by molar-refractivity contribution is 0.698. The van der Waals surface area contributed by atoms with Crippen LogP contribution in [0.4, 0.5) is 5.69 Å². The van der Waals surface area contributed by atoms with Crippen LogP contribution in [0.3, 0.4) is 0 Å². The largest absolute Gasteiger partial charge is 0.361 e. The van der Waals surface area contributed by atoms with E-state index in [4.69, 9.17) is 12.2 Å². The van der Waals surface area contributed by atoms with Crippen LogP contribution in [0.25, 0.3) is 0 Å². The summed E-state index contributed by atoms with van der Waals surface area (Å²) in [7, 11) is 0. The van der Waals surface area contributed by atoms with Crippen LogP contribution in [-0.2, 0) is 0 Å². The fraction of sp³-hybridized carbons (Fsp3) is 0.429. The zero-order valence-corrected chi connectivity index (χ0v) is 10.1. The van der Waals surface area contributed by atoms with Crippen LogP contribution in [0.1, 0.15) is 31.9 Å². The van der Waals surface area contributed by atoms with Crippen LogP contribution in [0.2, 0.25) is 0 Å². The van der Waals surface area contributed by atoms with Crippen molar-refractivity contribution < 1.29 is 0 Å². The van der Waals surface area contributed by atoms with E-state index in [1.54, 1.807) is 0 Å². The van der Waals surface area contributed by atoms with Gasteiger partial charge in [-0.3, -0.25) is 0 Å². The maximum Gasteiger partial charge on any atom is 0.0791 e. The van der Waals surface area contributed by atoms with Gasteiger partial charge in [0.2, 0.25) is 0 Å². The van der Waals surface area contributed by atoms with Gasteiger partial charge in [-0.05, 0) is 31.0 Å². The van der Waals surface area contributed by atoms with Crippen molar-refractivity contribution in [3.05, 3.63) is 29.8 Å². The standard InChI is InChI=1S/C14H20N2/c1-4-11-16(6-3)13-9-7-12(8-10-13)14(15)5-2/h1,7-10,14H,5-6,11,15H2,2-3H3/t14-/m1/s1. The Labute approximate surface area is 98.4 Å². The van der Waals surface area contributed by atoms with Crippen molar-refractivity contribution in [1.82, 2.24) is 0 Å². The summed E-state index contributed by atoms with van der Waals surface area (Å²) in [6.45, 7) is 5.76. The Morgan fingerprint density at radius 2 is 1.94 bits per heavy atom. The van der Waals surface area contributed by atoms with E-state index in [0.29, 0.717) is 6.54 Å². The molecule has 1 aromatic rings. The van der Waals surface area contributed by atoms with Gasteiger partial charge in [0.15, 0.2) is 0 Å². The Morgan fingerprint density at radius 3 is 2.38 bits per heavy atom. The number of rotatable bonds is 5. The molecule has 0 saturated heterocycles. The summed E-state index contributed by atoms with van der Waals surface area (Å²) in [5, 5.41) is 0. The van der Waals surface area contributed by atoms with Gasteiger partial charge in [0.25, 0.3) is 0 Å². The van der Waals surface area contributed by atoms with Crippen LogP contribution in [0, 0.1) is 12.3 Å². The predicted molar refractivity (Wildman–Crippen MR) is 70.4 cm³/mol.